The maximum absolute atomic E-state index is 4.43. The summed E-state index contributed by atoms with van der Waals surface area (Å²) in [4.78, 5) is 8.85. The van der Waals surface area contributed by atoms with Crippen molar-refractivity contribution in [2.24, 2.45) is 0 Å². The van der Waals surface area contributed by atoms with Crippen LogP contribution in [-0.2, 0) is 0 Å². The second kappa shape index (κ2) is 5.60. The molecule has 0 saturated carbocycles. The van der Waals surface area contributed by atoms with Gasteiger partial charge in [-0.1, -0.05) is 0 Å². The molecule has 0 atom stereocenters. The van der Waals surface area contributed by atoms with E-state index in [1.165, 1.54) is 20.3 Å². The zero-order valence-corrected chi connectivity index (χ0v) is 12.6. The van der Waals surface area contributed by atoms with E-state index >= 15 is 0 Å². The summed E-state index contributed by atoms with van der Waals surface area (Å²) in [7, 11) is 0. The Morgan fingerprint density at radius 3 is 1.50 bits per heavy atom. The summed E-state index contributed by atoms with van der Waals surface area (Å²) in [6.07, 6.45) is 3.88. The first-order valence-corrected chi connectivity index (χ1v) is 11.0. The van der Waals surface area contributed by atoms with Crippen LogP contribution in [0.1, 0.15) is 11.1 Å². The van der Waals surface area contributed by atoms with Crippen LogP contribution in [0.25, 0.3) is 0 Å². The molecule has 16 heavy (non-hydrogen) atoms. The van der Waals surface area contributed by atoms with Gasteiger partial charge in [0.25, 0.3) is 0 Å². The number of hydrogen-bond acceptors (Lipinski definition) is 2. The van der Waals surface area contributed by atoms with Crippen LogP contribution in [0, 0.1) is 13.8 Å². The average Bonchev–Trinajstić information content (AvgIpc) is 2.30. The fourth-order valence-corrected chi connectivity index (χ4v) is 6.38. The van der Waals surface area contributed by atoms with E-state index in [0.29, 0.717) is 26.3 Å². The monoisotopic (exact) mass is 344 g/mol. The Morgan fingerprint density at radius 2 is 1.19 bits per heavy atom. The van der Waals surface area contributed by atoms with Crippen molar-refractivity contribution in [2.45, 2.75) is 13.8 Å². The van der Waals surface area contributed by atoms with Gasteiger partial charge in [-0.2, -0.15) is 0 Å². The summed E-state index contributed by atoms with van der Waals surface area (Å²) in [6.45, 7) is 4.13. The zero-order valence-electron chi connectivity index (χ0n) is 9.18. The Labute approximate surface area is 107 Å². The molecule has 0 aromatic carbocycles. The minimum absolute atomic E-state index is 0.447. The molecule has 2 nitrogen and oxygen atoms in total. The summed E-state index contributed by atoms with van der Waals surface area (Å²) < 4.78 is 2.45. The van der Waals surface area contributed by atoms with Crippen molar-refractivity contribution in [1.82, 2.24) is 9.97 Å². The SMILES string of the molecule is Cc1ccc([Se][Se]c2ccc(C)cn2)nc1. The van der Waals surface area contributed by atoms with Crippen molar-refractivity contribution in [2.75, 3.05) is 0 Å². The second-order valence-electron chi connectivity index (χ2n) is 3.51. The molecule has 0 N–H and O–H groups in total. The van der Waals surface area contributed by atoms with Crippen molar-refractivity contribution in [1.29, 1.82) is 0 Å². The molecular weight excluding hydrogens is 330 g/mol. The van der Waals surface area contributed by atoms with Crippen molar-refractivity contribution in [3.8, 4) is 0 Å². The topological polar surface area (TPSA) is 25.8 Å². The van der Waals surface area contributed by atoms with E-state index < -0.39 is 0 Å². The summed E-state index contributed by atoms with van der Waals surface area (Å²) in [5.74, 6) is 0. The molecule has 0 aliphatic rings. The Hall–Kier alpha value is -0.661. The predicted octanol–water partition coefficient (Wildman–Crippen LogP) is 0.368. The molecule has 0 unspecified atom stereocenters. The third-order valence-electron chi connectivity index (χ3n) is 1.98. The van der Waals surface area contributed by atoms with E-state index in [9.17, 15) is 0 Å². The fourth-order valence-electron chi connectivity index (χ4n) is 1.09. The van der Waals surface area contributed by atoms with Gasteiger partial charge in [0.15, 0.2) is 0 Å². The Kier molecular flexibility index (Phi) is 4.14. The molecule has 2 aromatic rings. The molecule has 82 valence electrons. The molecule has 2 heterocycles. The minimum atomic E-state index is 0.447. The molecule has 0 amide bonds. The van der Waals surface area contributed by atoms with E-state index in [1.807, 2.05) is 12.4 Å². The Morgan fingerprint density at radius 1 is 0.750 bits per heavy atom. The van der Waals surface area contributed by atoms with E-state index in [2.05, 4.69) is 48.1 Å². The molecular formula is C12H12N2Se2. The molecule has 0 spiro atoms. The molecule has 0 aliphatic heterocycles. The number of nitrogens with zero attached hydrogens (tertiary/aromatic N) is 2. The Bertz CT molecular complexity index is 406. The number of rotatable bonds is 3. The van der Waals surface area contributed by atoms with Crippen molar-refractivity contribution in [3.05, 3.63) is 47.8 Å². The third-order valence-corrected chi connectivity index (χ3v) is 8.52. The van der Waals surface area contributed by atoms with Crippen LogP contribution >= 0.6 is 0 Å². The van der Waals surface area contributed by atoms with Crippen LogP contribution in [0.3, 0.4) is 0 Å². The molecule has 0 radical (unpaired) electrons. The number of pyridine rings is 2. The van der Waals surface area contributed by atoms with Crippen molar-refractivity contribution in [3.63, 3.8) is 0 Å². The molecule has 2 rings (SSSR count). The number of hydrogen-bond donors (Lipinski definition) is 0. The predicted molar refractivity (Wildman–Crippen MR) is 68.7 cm³/mol. The van der Waals surface area contributed by atoms with E-state index in [4.69, 9.17) is 0 Å². The second-order valence-corrected chi connectivity index (χ2v) is 9.60. The first-order valence-electron chi connectivity index (χ1n) is 4.94. The van der Waals surface area contributed by atoms with Gasteiger partial charge in [-0.15, -0.1) is 0 Å². The maximum atomic E-state index is 4.43. The van der Waals surface area contributed by atoms with Crippen LogP contribution in [0.4, 0.5) is 0 Å². The Balaban J connectivity index is 1.97. The van der Waals surface area contributed by atoms with Crippen molar-refractivity contribution < 1.29 is 0 Å². The summed E-state index contributed by atoms with van der Waals surface area (Å²) in [5, 5.41) is 0. The molecule has 0 saturated heterocycles. The van der Waals surface area contributed by atoms with Gasteiger partial charge in [0.2, 0.25) is 0 Å². The standard InChI is InChI=1S/C12H12N2Se2/c1-9-3-5-11(13-7-9)15-16-12-6-4-10(2)8-14-12/h3-8H,1-2H3. The van der Waals surface area contributed by atoms with Crippen molar-refractivity contribution >= 4 is 35.4 Å². The molecule has 2 aromatic heterocycles. The average molecular weight is 342 g/mol. The summed E-state index contributed by atoms with van der Waals surface area (Å²) in [6, 6.07) is 8.52. The third kappa shape index (κ3) is 3.43. The van der Waals surface area contributed by atoms with Crippen LogP contribution in [0.2, 0.25) is 0 Å². The van der Waals surface area contributed by atoms with Gasteiger partial charge in [0.1, 0.15) is 0 Å². The quantitative estimate of drug-likeness (QED) is 0.754. The van der Waals surface area contributed by atoms with Crippen LogP contribution in [-0.4, -0.2) is 36.2 Å². The first kappa shape index (κ1) is 11.8. The van der Waals surface area contributed by atoms with Gasteiger partial charge < -0.3 is 0 Å². The van der Waals surface area contributed by atoms with Crippen LogP contribution in [0.15, 0.2) is 36.7 Å². The van der Waals surface area contributed by atoms with Gasteiger partial charge in [-0.25, -0.2) is 0 Å². The van der Waals surface area contributed by atoms with Crippen LogP contribution < -0.4 is 9.18 Å². The van der Waals surface area contributed by atoms with Gasteiger partial charge in [0, 0.05) is 0 Å². The summed E-state index contributed by atoms with van der Waals surface area (Å²) >= 11 is 0.895. The van der Waals surface area contributed by atoms with Gasteiger partial charge in [-0.3, -0.25) is 0 Å². The van der Waals surface area contributed by atoms with E-state index in [-0.39, 0.29) is 0 Å². The molecule has 4 heteroatoms. The van der Waals surface area contributed by atoms with Gasteiger partial charge in [-0.05, 0) is 0 Å². The van der Waals surface area contributed by atoms with E-state index in [0.717, 1.165) is 0 Å². The summed E-state index contributed by atoms with van der Waals surface area (Å²) in [5.41, 5.74) is 2.45. The number of aromatic nitrogens is 2. The van der Waals surface area contributed by atoms with Gasteiger partial charge >= 0.3 is 107 Å². The van der Waals surface area contributed by atoms with E-state index in [1.54, 1.807) is 0 Å². The zero-order chi connectivity index (χ0) is 11.4. The normalized spacial score (nSPS) is 10.4. The molecule has 0 aliphatic carbocycles. The molecule has 0 bridgehead atoms. The fraction of sp³-hybridized carbons (Fsp3) is 0.167. The molecule has 0 fully saturated rings. The van der Waals surface area contributed by atoms with Gasteiger partial charge in [0.05, 0.1) is 0 Å². The first-order chi connectivity index (χ1) is 7.74. The van der Waals surface area contributed by atoms with Crippen LogP contribution in [0.5, 0.6) is 0 Å². The number of aryl methyl sites for hydroxylation is 2.